The summed E-state index contributed by atoms with van der Waals surface area (Å²) in [7, 11) is 1.63. The SMILES string of the molecule is COC[C@]1(O)CCCC[C@H]1n1cnc(C(=O)N2CCNC[C@H]2C(C)C)c1-c1ccccc1. The van der Waals surface area contributed by atoms with Crippen LogP contribution in [0.1, 0.15) is 56.1 Å². The maximum absolute atomic E-state index is 13.8. The summed E-state index contributed by atoms with van der Waals surface area (Å²) in [6.45, 7) is 6.82. The number of carbonyl (C=O) groups is 1. The lowest BCUT2D eigenvalue weighted by Gasteiger charge is -2.41. The van der Waals surface area contributed by atoms with Crippen LogP contribution in [-0.4, -0.2) is 70.5 Å². The molecule has 1 aromatic carbocycles. The molecule has 1 saturated carbocycles. The summed E-state index contributed by atoms with van der Waals surface area (Å²) < 4.78 is 7.44. The molecule has 2 aliphatic rings. The molecule has 32 heavy (non-hydrogen) atoms. The van der Waals surface area contributed by atoms with Crippen LogP contribution in [0.4, 0.5) is 0 Å². The summed E-state index contributed by atoms with van der Waals surface area (Å²) in [5.41, 5.74) is 1.22. The lowest BCUT2D eigenvalue weighted by Crippen LogP contribution is -2.55. The van der Waals surface area contributed by atoms with Gasteiger partial charge in [-0.15, -0.1) is 0 Å². The number of hydrogen-bond donors (Lipinski definition) is 2. The third-order valence-corrected chi connectivity index (χ3v) is 7.04. The smallest absolute Gasteiger partial charge is 0.275 e. The van der Waals surface area contributed by atoms with Crippen molar-refractivity contribution in [1.82, 2.24) is 19.8 Å². The summed E-state index contributed by atoms with van der Waals surface area (Å²) >= 11 is 0. The number of aliphatic hydroxyl groups is 1. The first-order valence-corrected chi connectivity index (χ1v) is 11.8. The first-order chi connectivity index (χ1) is 15.5. The number of nitrogens with one attached hydrogen (secondary N) is 1. The molecule has 2 N–H and O–H groups in total. The Labute approximate surface area is 190 Å². The number of benzene rings is 1. The highest BCUT2D eigenvalue weighted by atomic mass is 16.5. The predicted octanol–water partition coefficient (Wildman–Crippen LogP) is 3.11. The minimum Gasteiger partial charge on any atom is -0.385 e. The highest BCUT2D eigenvalue weighted by Gasteiger charge is 2.42. The Kier molecular flexibility index (Phi) is 6.98. The molecule has 3 atom stereocenters. The Hall–Kier alpha value is -2.22. The van der Waals surface area contributed by atoms with Gasteiger partial charge in [-0.05, 0) is 18.8 Å². The van der Waals surface area contributed by atoms with Gasteiger partial charge < -0.3 is 24.6 Å². The van der Waals surface area contributed by atoms with Gasteiger partial charge in [0.05, 0.1) is 24.7 Å². The number of hydrogen-bond acceptors (Lipinski definition) is 5. The molecule has 1 aliphatic heterocycles. The molecule has 7 heteroatoms. The fourth-order valence-electron chi connectivity index (χ4n) is 5.37. The number of piperazine rings is 1. The van der Waals surface area contributed by atoms with Gasteiger partial charge in [-0.3, -0.25) is 4.79 Å². The number of carbonyl (C=O) groups excluding carboxylic acids is 1. The van der Waals surface area contributed by atoms with Gasteiger partial charge >= 0.3 is 0 Å². The fraction of sp³-hybridized carbons (Fsp3) is 0.600. The van der Waals surface area contributed by atoms with Gasteiger partial charge in [-0.25, -0.2) is 4.98 Å². The first-order valence-electron chi connectivity index (χ1n) is 11.8. The summed E-state index contributed by atoms with van der Waals surface area (Å²) in [6, 6.07) is 9.89. The molecule has 0 unspecified atom stereocenters. The maximum Gasteiger partial charge on any atom is 0.275 e. The second kappa shape index (κ2) is 9.73. The standard InChI is InChI=1S/C25H36N4O3/c1-18(2)20-15-26-13-14-28(20)24(30)22-23(19-9-5-4-6-10-19)29(17-27-22)21-11-7-8-12-25(21,31)16-32-3/h4-6,9-10,17-18,20-21,26,31H,7-8,11-16H2,1-3H3/t20-,21+,25+/m0/s1. The van der Waals surface area contributed by atoms with E-state index in [1.54, 1.807) is 13.4 Å². The lowest BCUT2D eigenvalue weighted by molar-refractivity contribution is -0.0893. The molecule has 174 valence electrons. The highest BCUT2D eigenvalue weighted by molar-refractivity contribution is 5.98. The Bertz CT molecular complexity index is 909. The Morgan fingerprint density at radius 1 is 1.31 bits per heavy atom. The maximum atomic E-state index is 13.8. The van der Waals surface area contributed by atoms with Crippen molar-refractivity contribution in [2.45, 2.75) is 57.2 Å². The zero-order valence-electron chi connectivity index (χ0n) is 19.5. The molecule has 2 heterocycles. The topological polar surface area (TPSA) is 79.6 Å². The molecule has 0 radical (unpaired) electrons. The fourth-order valence-corrected chi connectivity index (χ4v) is 5.37. The average molecular weight is 441 g/mol. The van der Waals surface area contributed by atoms with Crippen molar-refractivity contribution < 1.29 is 14.6 Å². The van der Waals surface area contributed by atoms with E-state index in [4.69, 9.17) is 4.74 Å². The number of rotatable bonds is 6. The van der Waals surface area contributed by atoms with E-state index in [0.29, 0.717) is 24.6 Å². The molecule has 1 aromatic heterocycles. The monoisotopic (exact) mass is 440 g/mol. The minimum atomic E-state index is -0.979. The first kappa shape index (κ1) is 23.0. The van der Waals surface area contributed by atoms with E-state index in [0.717, 1.165) is 43.6 Å². The molecular formula is C25H36N4O3. The van der Waals surface area contributed by atoms with Crippen molar-refractivity contribution in [3.63, 3.8) is 0 Å². The van der Waals surface area contributed by atoms with Crippen molar-refractivity contribution in [2.24, 2.45) is 5.92 Å². The largest absolute Gasteiger partial charge is 0.385 e. The van der Waals surface area contributed by atoms with Crippen LogP contribution in [-0.2, 0) is 4.74 Å². The molecule has 4 rings (SSSR count). The number of ether oxygens (including phenoxy) is 1. The average Bonchev–Trinajstić information content (AvgIpc) is 3.24. The lowest BCUT2D eigenvalue weighted by atomic mass is 9.80. The van der Waals surface area contributed by atoms with Crippen LogP contribution >= 0.6 is 0 Å². The normalized spacial score (nSPS) is 26.5. The van der Waals surface area contributed by atoms with Gasteiger partial charge in [0.1, 0.15) is 5.60 Å². The number of nitrogens with zero attached hydrogens (tertiary/aromatic N) is 3. The van der Waals surface area contributed by atoms with Gasteiger partial charge in [-0.2, -0.15) is 0 Å². The summed E-state index contributed by atoms with van der Waals surface area (Å²) in [5.74, 6) is 0.313. The molecule has 7 nitrogen and oxygen atoms in total. The van der Waals surface area contributed by atoms with Gasteiger partial charge in [0, 0.05) is 38.3 Å². The van der Waals surface area contributed by atoms with E-state index in [9.17, 15) is 9.90 Å². The van der Waals surface area contributed by atoms with Gasteiger partial charge in [-0.1, -0.05) is 57.0 Å². The molecule has 2 fully saturated rings. The molecule has 1 amide bonds. The van der Waals surface area contributed by atoms with E-state index in [2.05, 4.69) is 24.1 Å². The van der Waals surface area contributed by atoms with Crippen molar-refractivity contribution in [3.05, 3.63) is 42.4 Å². The summed E-state index contributed by atoms with van der Waals surface area (Å²) in [6.07, 6.45) is 5.24. The Morgan fingerprint density at radius 2 is 2.09 bits per heavy atom. The van der Waals surface area contributed by atoms with Crippen LogP contribution in [0.15, 0.2) is 36.7 Å². The molecular weight excluding hydrogens is 404 g/mol. The van der Waals surface area contributed by atoms with E-state index in [1.807, 2.05) is 39.8 Å². The van der Waals surface area contributed by atoms with Gasteiger partial charge in [0.15, 0.2) is 5.69 Å². The van der Waals surface area contributed by atoms with E-state index < -0.39 is 5.60 Å². The van der Waals surface area contributed by atoms with Crippen LogP contribution in [0.5, 0.6) is 0 Å². The van der Waals surface area contributed by atoms with Crippen molar-refractivity contribution in [1.29, 1.82) is 0 Å². The Balaban J connectivity index is 1.79. The van der Waals surface area contributed by atoms with Gasteiger partial charge in [0.2, 0.25) is 0 Å². The third-order valence-electron chi connectivity index (χ3n) is 7.04. The highest BCUT2D eigenvalue weighted by Crippen LogP contribution is 2.41. The second-order valence-corrected chi connectivity index (χ2v) is 9.53. The number of methoxy groups -OCH3 is 1. The van der Waals surface area contributed by atoms with Crippen LogP contribution in [0.3, 0.4) is 0 Å². The summed E-state index contributed by atoms with van der Waals surface area (Å²) in [5, 5.41) is 14.9. The number of aromatic nitrogens is 2. The van der Waals surface area contributed by atoms with Crippen molar-refractivity contribution >= 4 is 5.91 Å². The van der Waals surface area contributed by atoms with Gasteiger partial charge in [0.25, 0.3) is 5.91 Å². The van der Waals surface area contributed by atoms with E-state index in [-0.39, 0.29) is 24.6 Å². The Morgan fingerprint density at radius 3 is 2.81 bits per heavy atom. The summed E-state index contributed by atoms with van der Waals surface area (Å²) in [4.78, 5) is 20.5. The van der Waals surface area contributed by atoms with E-state index in [1.165, 1.54) is 0 Å². The van der Waals surface area contributed by atoms with Crippen LogP contribution < -0.4 is 5.32 Å². The van der Waals surface area contributed by atoms with Crippen molar-refractivity contribution in [2.75, 3.05) is 33.4 Å². The zero-order chi connectivity index (χ0) is 22.7. The zero-order valence-corrected chi connectivity index (χ0v) is 19.5. The third kappa shape index (κ3) is 4.34. The number of amides is 1. The molecule has 1 aliphatic carbocycles. The molecule has 1 saturated heterocycles. The number of imidazole rings is 1. The molecule has 2 aromatic rings. The second-order valence-electron chi connectivity index (χ2n) is 9.53. The molecule has 0 spiro atoms. The minimum absolute atomic E-state index is 0.0334. The van der Waals surface area contributed by atoms with Crippen LogP contribution in [0, 0.1) is 5.92 Å². The molecule has 0 bridgehead atoms. The van der Waals surface area contributed by atoms with Crippen LogP contribution in [0.25, 0.3) is 11.3 Å². The van der Waals surface area contributed by atoms with Crippen LogP contribution in [0.2, 0.25) is 0 Å². The van der Waals surface area contributed by atoms with E-state index >= 15 is 0 Å². The van der Waals surface area contributed by atoms with Crippen molar-refractivity contribution in [3.8, 4) is 11.3 Å². The quantitative estimate of drug-likeness (QED) is 0.722. The predicted molar refractivity (Wildman–Crippen MR) is 125 cm³/mol.